The maximum atomic E-state index is 13.0. The molecule has 0 N–H and O–H groups in total. The summed E-state index contributed by atoms with van der Waals surface area (Å²) in [6.07, 6.45) is 1.71. The number of aryl methyl sites for hydroxylation is 2. The number of piperidine rings is 1. The first-order chi connectivity index (χ1) is 14.8. The molecule has 6 heteroatoms. The second-order valence-electron chi connectivity index (χ2n) is 8.65. The van der Waals surface area contributed by atoms with Crippen LogP contribution in [0.1, 0.15) is 63.9 Å². The minimum absolute atomic E-state index is 0.0838. The molecule has 4 rings (SSSR count). The number of nitrogens with zero attached hydrogens (tertiary/aromatic N) is 1. The summed E-state index contributed by atoms with van der Waals surface area (Å²) in [6.45, 7) is 4.91. The molecule has 0 aromatic heterocycles. The number of amides is 1. The first kappa shape index (κ1) is 21.2. The maximum Gasteiger partial charge on any atom is 0.223 e. The number of rotatable bonds is 4. The third-order valence-electron chi connectivity index (χ3n) is 6.29. The molecule has 2 heterocycles. The van der Waals surface area contributed by atoms with Gasteiger partial charge in [0.25, 0.3) is 0 Å². The Labute approximate surface area is 181 Å². The van der Waals surface area contributed by atoms with Crippen LogP contribution in [0.5, 0.6) is 5.75 Å². The zero-order chi connectivity index (χ0) is 22.2. The van der Waals surface area contributed by atoms with Gasteiger partial charge in [0.1, 0.15) is 17.2 Å². The van der Waals surface area contributed by atoms with E-state index in [1.807, 2.05) is 26.0 Å². The average molecular weight is 423 g/mol. The molecule has 1 saturated heterocycles. The summed E-state index contributed by atoms with van der Waals surface area (Å²) in [5.41, 5.74) is 2.51. The summed E-state index contributed by atoms with van der Waals surface area (Å²) in [5, 5.41) is 0. The Morgan fingerprint density at radius 3 is 2.42 bits per heavy atom. The highest BCUT2D eigenvalue weighted by atomic mass is 19.1. The van der Waals surface area contributed by atoms with Gasteiger partial charge in [0, 0.05) is 44.3 Å². The van der Waals surface area contributed by atoms with Gasteiger partial charge in [-0.2, -0.15) is 0 Å². The predicted octanol–water partition coefficient (Wildman–Crippen LogP) is 4.43. The lowest BCUT2D eigenvalue weighted by atomic mass is 9.81. The standard InChI is InChI=1S/C25H26FNO4/c1-16-13-17(2)24-21(29)15-25(31-22(24)14-16)9-11-27(12-10-25)23(30)8-7-20(28)18-3-5-19(26)6-4-18/h3-6,13-14H,7-12,15H2,1-2H3. The molecule has 0 saturated carbocycles. The molecule has 0 unspecified atom stereocenters. The Morgan fingerprint density at radius 2 is 1.74 bits per heavy atom. The maximum absolute atomic E-state index is 13.0. The smallest absolute Gasteiger partial charge is 0.223 e. The van der Waals surface area contributed by atoms with E-state index in [9.17, 15) is 18.8 Å². The molecule has 31 heavy (non-hydrogen) atoms. The molecular formula is C25H26FNO4. The molecule has 1 fully saturated rings. The fourth-order valence-corrected chi connectivity index (χ4v) is 4.62. The Kier molecular flexibility index (Phi) is 5.65. The second-order valence-corrected chi connectivity index (χ2v) is 8.65. The van der Waals surface area contributed by atoms with Crippen LogP contribution in [0.3, 0.4) is 0 Å². The van der Waals surface area contributed by atoms with Gasteiger partial charge in [0.15, 0.2) is 11.6 Å². The number of hydrogen-bond acceptors (Lipinski definition) is 4. The predicted molar refractivity (Wildman–Crippen MR) is 114 cm³/mol. The van der Waals surface area contributed by atoms with E-state index in [2.05, 4.69) is 0 Å². The van der Waals surface area contributed by atoms with Gasteiger partial charge in [-0.25, -0.2) is 4.39 Å². The molecule has 1 amide bonds. The Hall–Kier alpha value is -3.02. The van der Waals surface area contributed by atoms with E-state index in [4.69, 9.17) is 4.74 Å². The fourth-order valence-electron chi connectivity index (χ4n) is 4.62. The van der Waals surface area contributed by atoms with Crippen molar-refractivity contribution in [3.63, 3.8) is 0 Å². The van der Waals surface area contributed by atoms with Crippen LogP contribution in [0.15, 0.2) is 36.4 Å². The zero-order valence-electron chi connectivity index (χ0n) is 17.9. The largest absolute Gasteiger partial charge is 0.486 e. The van der Waals surface area contributed by atoms with E-state index in [-0.39, 0.29) is 30.3 Å². The normalized spacial score (nSPS) is 17.3. The summed E-state index contributed by atoms with van der Waals surface area (Å²) >= 11 is 0. The molecule has 5 nitrogen and oxygen atoms in total. The minimum atomic E-state index is -0.564. The molecule has 162 valence electrons. The number of Topliss-reactive ketones (excluding diaryl/α,β-unsaturated/α-hetero) is 2. The number of hydrogen-bond donors (Lipinski definition) is 0. The molecule has 2 aromatic rings. The number of fused-ring (bicyclic) bond motifs is 1. The van der Waals surface area contributed by atoms with Crippen LogP contribution in [0.25, 0.3) is 0 Å². The van der Waals surface area contributed by atoms with Crippen molar-refractivity contribution in [1.82, 2.24) is 4.90 Å². The molecule has 0 atom stereocenters. The minimum Gasteiger partial charge on any atom is -0.486 e. The zero-order valence-corrected chi connectivity index (χ0v) is 17.9. The van der Waals surface area contributed by atoms with Crippen LogP contribution in [0.2, 0.25) is 0 Å². The summed E-state index contributed by atoms with van der Waals surface area (Å²) < 4.78 is 19.3. The van der Waals surface area contributed by atoms with Crippen molar-refractivity contribution in [2.45, 2.75) is 51.6 Å². The Bertz CT molecular complexity index is 1040. The lowest BCUT2D eigenvalue weighted by Crippen LogP contribution is -2.52. The molecule has 0 bridgehead atoms. The molecule has 1 spiro atoms. The third kappa shape index (κ3) is 4.38. The molecule has 2 aromatic carbocycles. The average Bonchev–Trinajstić information content (AvgIpc) is 2.72. The highest BCUT2D eigenvalue weighted by Crippen LogP contribution is 2.41. The van der Waals surface area contributed by atoms with Crippen molar-refractivity contribution in [3.8, 4) is 5.75 Å². The van der Waals surface area contributed by atoms with E-state index in [0.717, 1.165) is 11.1 Å². The first-order valence-corrected chi connectivity index (χ1v) is 10.7. The van der Waals surface area contributed by atoms with Crippen LogP contribution >= 0.6 is 0 Å². The van der Waals surface area contributed by atoms with Gasteiger partial charge in [-0.3, -0.25) is 14.4 Å². The van der Waals surface area contributed by atoms with Crippen LogP contribution < -0.4 is 4.74 Å². The van der Waals surface area contributed by atoms with E-state index in [1.54, 1.807) is 4.90 Å². The number of carbonyl (C=O) groups is 3. The van der Waals surface area contributed by atoms with E-state index >= 15 is 0 Å². The lowest BCUT2D eigenvalue weighted by Gasteiger charge is -2.44. The highest BCUT2D eigenvalue weighted by molar-refractivity contribution is 6.02. The summed E-state index contributed by atoms with van der Waals surface area (Å²) in [6, 6.07) is 9.26. The summed E-state index contributed by atoms with van der Waals surface area (Å²) in [4.78, 5) is 39.4. The number of ketones is 2. The van der Waals surface area contributed by atoms with Gasteiger partial charge < -0.3 is 9.64 Å². The first-order valence-electron chi connectivity index (χ1n) is 10.7. The molecular weight excluding hydrogens is 397 g/mol. The van der Waals surface area contributed by atoms with Gasteiger partial charge in [-0.05, 0) is 55.3 Å². The van der Waals surface area contributed by atoms with Crippen LogP contribution in [0.4, 0.5) is 4.39 Å². The van der Waals surface area contributed by atoms with Gasteiger partial charge in [0.05, 0.1) is 12.0 Å². The Balaban J connectivity index is 1.35. The number of ether oxygens (including phenoxy) is 1. The SMILES string of the molecule is Cc1cc(C)c2c(c1)OC1(CCN(C(=O)CCC(=O)c3ccc(F)cc3)CC1)CC2=O. The monoisotopic (exact) mass is 423 g/mol. The second kappa shape index (κ2) is 8.25. The van der Waals surface area contributed by atoms with Crippen LogP contribution in [0, 0.1) is 19.7 Å². The summed E-state index contributed by atoms with van der Waals surface area (Å²) in [7, 11) is 0. The van der Waals surface area contributed by atoms with Crippen molar-refractivity contribution in [3.05, 3.63) is 64.5 Å². The number of carbonyl (C=O) groups excluding carboxylic acids is 3. The van der Waals surface area contributed by atoms with Crippen molar-refractivity contribution in [2.75, 3.05) is 13.1 Å². The number of benzene rings is 2. The highest BCUT2D eigenvalue weighted by Gasteiger charge is 2.44. The van der Waals surface area contributed by atoms with E-state index < -0.39 is 11.4 Å². The molecule has 0 radical (unpaired) electrons. The van der Waals surface area contributed by atoms with Crippen molar-refractivity contribution in [1.29, 1.82) is 0 Å². The van der Waals surface area contributed by atoms with E-state index in [0.29, 0.717) is 49.2 Å². The quantitative estimate of drug-likeness (QED) is 0.683. The molecule has 2 aliphatic rings. The van der Waals surface area contributed by atoms with Crippen molar-refractivity contribution in [2.24, 2.45) is 0 Å². The van der Waals surface area contributed by atoms with Gasteiger partial charge in [0.2, 0.25) is 5.91 Å². The van der Waals surface area contributed by atoms with Gasteiger partial charge in [-0.15, -0.1) is 0 Å². The van der Waals surface area contributed by atoms with Crippen molar-refractivity contribution >= 4 is 17.5 Å². The Morgan fingerprint density at radius 1 is 1.06 bits per heavy atom. The third-order valence-corrected chi connectivity index (χ3v) is 6.29. The fraction of sp³-hybridized carbons (Fsp3) is 0.400. The number of likely N-dealkylation sites (tertiary alicyclic amines) is 1. The van der Waals surface area contributed by atoms with Crippen LogP contribution in [-0.4, -0.2) is 41.1 Å². The van der Waals surface area contributed by atoms with Gasteiger partial charge >= 0.3 is 0 Å². The number of halogens is 1. The van der Waals surface area contributed by atoms with Crippen LogP contribution in [-0.2, 0) is 4.79 Å². The summed E-state index contributed by atoms with van der Waals surface area (Å²) in [5.74, 6) is 0.0954. The van der Waals surface area contributed by atoms with Crippen molar-refractivity contribution < 1.29 is 23.5 Å². The van der Waals surface area contributed by atoms with E-state index in [1.165, 1.54) is 24.3 Å². The topological polar surface area (TPSA) is 63.7 Å². The molecule has 0 aliphatic carbocycles. The lowest BCUT2D eigenvalue weighted by molar-refractivity contribution is -0.134. The van der Waals surface area contributed by atoms with Gasteiger partial charge in [-0.1, -0.05) is 6.07 Å². The molecule has 2 aliphatic heterocycles.